The number of methoxy groups -OCH3 is 1. The van der Waals surface area contributed by atoms with Crippen molar-refractivity contribution in [2.75, 3.05) is 20.0 Å². The number of hydrogen-bond donors (Lipinski definition) is 0. The van der Waals surface area contributed by atoms with Crippen molar-refractivity contribution in [3.8, 4) is 0 Å². The van der Waals surface area contributed by atoms with Crippen molar-refractivity contribution >= 4 is 10.1 Å². The lowest BCUT2D eigenvalue weighted by Crippen LogP contribution is -2.25. The molecule has 0 aromatic heterocycles. The third-order valence-electron chi connectivity index (χ3n) is 2.82. The molecule has 0 aliphatic heterocycles. The van der Waals surface area contributed by atoms with E-state index in [9.17, 15) is 8.42 Å². The van der Waals surface area contributed by atoms with Gasteiger partial charge in [0.2, 0.25) is 0 Å². The lowest BCUT2D eigenvalue weighted by atomic mass is 9.89. The Bertz CT molecular complexity index is 252. The molecule has 5 heteroatoms. The third kappa shape index (κ3) is 3.55. The predicted octanol–water partition coefficient (Wildman–Crippen LogP) is 1.17. The second kappa shape index (κ2) is 5.09. The highest BCUT2D eigenvalue weighted by Crippen LogP contribution is 2.27. The van der Waals surface area contributed by atoms with E-state index in [-0.39, 0.29) is 11.7 Å². The number of rotatable bonds is 4. The summed E-state index contributed by atoms with van der Waals surface area (Å²) in [4.78, 5) is 0. The van der Waals surface area contributed by atoms with E-state index in [0.717, 1.165) is 25.7 Å². The van der Waals surface area contributed by atoms with Gasteiger partial charge in [0, 0.05) is 7.11 Å². The van der Waals surface area contributed by atoms with Crippen LogP contribution in [0.15, 0.2) is 0 Å². The number of hydrogen-bond acceptors (Lipinski definition) is 4. The molecule has 0 N–H and O–H groups in total. The predicted molar refractivity (Wildman–Crippen MR) is 53.6 cm³/mol. The van der Waals surface area contributed by atoms with Crippen LogP contribution in [0, 0.1) is 5.92 Å². The summed E-state index contributed by atoms with van der Waals surface area (Å²) >= 11 is 0. The standard InChI is InChI=1S/C9H18O4S/c1-12-9-5-3-8(4-6-9)7-14(10,11)13-2/h8-9H,3-7H2,1-2H3. The zero-order chi connectivity index (χ0) is 10.6. The minimum Gasteiger partial charge on any atom is -0.381 e. The molecule has 14 heavy (non-hydrogen) atoms. The summed E-state index contributed by atoms with van der Waals surface area (Å²) < 4.78 is 32.0. The quantitative estimate of drug-likeness (QED) is 0.670. The first-order valence-corrected chi connectivity index (χ1v) is 6.46. The van der Waals surface area contributed by atoms with Crippen molar-refractivity contribution in [2.45, 2.75) is 31.8 Å². The van der Waals surface area contributed by atoms with E-state index in [4.69, 9.17) is 4.74 Å². The normalized spacial score (nSPS) is 29.0. The maximum absolute atomic E-state index is 11.2. The van der Waals surface area contributed by atoms with Crippen LogP contribution < -0.4 is 0 Å². The molecule has 0 bridgehead atoms. The Hall–Kier alpha value is -0.130. The van der Waals surface area contributed by atoms with Gasteiger partial charge in [0.05, 0.1) is 19.0 Å². The minimum absolute atomic E-state index is 0.153. The van der Waals surface area contributed by atoms with Crippen LogP contribution in [0.1, 0.15) is 25.7 Å². The molecule has 0 spiro atoms. The largest absolute Gasteiger partial charge is 0.381 e. The van der Waals surface area contributed by atoms with Crippen molar-refractivity contribution < 1.29 is 17.3 Å². The second-order valence-electron chi connectivity index (χ2n) is 3.77. The fraction of sp³-hybridized carbons (Fsp3) is 1.00. The van der Waals surface area contributed by atoms with Crippen LogP contribution in [0.2, 0.25) is 0 Å². The van der Waals surface area contributed by atoms with Crippen LogP contribution >= 0.6 is 0 Å². The fourth-order valence-corrected chi connectivity index (χ4v) is 2.94. The van der Waals surface area contributed by atoms with Crippen LogP contribution in [0.3, 0.4) is 0 Å². The van der Waals surface area contributed by atoms with Crippen LogP contribution in [-0.2, 0) is 19.0 Å². The molecule has 0 saturated heterocycles. The summed E-state index contributed by atoms with van der Waals surface area (Å²) in [6.45, 7) is 0. The van der Waals surface area contributed by atoms with E-state index < -0.39 is 10.1 Å². The number of ether oxygens (including phenoxy) is 1. The SMILES string of the molecule is COC1CCC(CS(=O)(=O)OC)CC1. The minimum atomic E-state index is -3.28. The van der Waals surface area contributed by atoms with Gasteiger partial charge in [0.25, 0.3) is 10.1 Å². The highest BCUT2D eigenvalue weighted by atomic mass is 32.2. The first kappa shape index (κ1) is 11.9. The summed E-state index contributed by atoms with van der Waals surface area (Å²) in [6.07, 6.45) is 4.07. The van der Waals surface area contributed by atoms with Gasteiger partial charge in [-0.25, -0.2) is 0 Å². The summed E-state index contributed by atoms with van der Waals surface area (Å²) in [6, 6.07) is 0. The van der Waals surface area contributed by atoms with E-state index in [1.807, 2.05) is 0 Å². The molecule has 0 heterocycles. The van der Waals surface area contributed by atoms with Crippen LogP contribution in [0.4, 0.5) is 0 Å². The van der Waals surface area contributed by atoms with Crippen molar-refractivity contribution in [3.05, 3.63) is 0 Å². The lowest BCUT2D eigenvalue weighted by Gasteiger charge is -2.26. The molecule has 0 aromatic rings. The summed E-state index contributed by atoms with van der Waals surface area (Å²) in [7, 11) is -0.361. The Morgan fingerprint density at radius 3 is 2.14 bits per heavy atom. The molecule has 0 atom stereocenters. The van der Waals surface area contributed by atoms with E-state index in [1.165, 1.54) is 7.11 Å². The van der Waals surface area contributed by atoms with Crippen molar-refractivity contribution in [1.82, 2.24) is 0 Å². The lowest BCUT2D eigenvalue weighted by molar-refractivity contribution is 0.0594. The first-order valence-electron chi connectivity index (χ1n) is 4.88. The summed E-state index contributed by atoms with van der Waals surface area (Å²) in [5, 5.41) is 0. The maximum Gasteiger partial charge on any atom is 0.267 e. The smallest absolute Gasteiger partial charge is 0.267 e. The highest BCUT2D eigenvalue weighted by Gasteiger charge is 2.25. The Morgan fingerprint density at radius 1 is 1.14 bits per heavy atom. The van der Waals surface area contributed by atoms with Crippen molar-refractivity contribution in [2.24, 2.45) is 5.92 Å². The molecule has 0 unspecified atom stereocenters. The highest BCUT2D eigenvalue weighted by molar-refractivity contribution is 7.86. The zero-order valence-corrected chi connectivity index (χ0v) is 9.55. The molecule has 1 aliphatic rings. The van der Waals surface area contributed by atoms with Crippen LogP contribution in [-0.4, -0.2) is 34.5 Å². The second-order valence-corrected chi connectivity index (χ2v) is 5.55. The molecule has 1 rings (SSSR count). The molecule has 84 valence electrons. The molecule has 4 nitrogen and oxygen atoms in total. The van der Waals surface area contributed by atoms with Gasteiger partial charge >= 0.3 is 0 Å². The van der Waals surface area contributed by atoms with Gasteiger partial charge in [-0.3, -0.25) is 4.18 Å². The van der Waals surface area contributed by atoms with E-state index in [0.29, 0.717) is 6.10 Å². The summed E-state index contributed by atoms with van der Waals surface area (Å²) in [5.41, 5.74) is 0. The van der Waals surface area contributed by atoms with Gasteiger partial charge in [-0.05, 0) is 31.6 Å². The van der Waals surface area contributed by atoms with Gasteiger partial charge in [0.1, 0.15) is 0 Å². The Balaban J connectivity index is 2.36. The van der Waals surface area contributed by atoms with E-state index in [1.54, 1.807) is 7.11 Å². The van der Waals surface area contributed by atoms with E-state index >= 15 is 0 Å². The Morgan fingerprint density at radius 2 is 1.71 bits per heavy atom. The van der Waals surface area contributed by atoms with Gasteiger partial charge in [-0.2, -0.15) is 8.42 Å². The monoisotopic (exact) mass is 222 g/mol. The average Bonchev–Trinajstić information content (AvgIpc) is 2.19. The molecule has 0 radical (unpaired) electrons. The molecular weight excluding hydrogens is 204 g/mol. The summed E-state index contributed by atoms with van der Waals surface area (Å²) in [5.74, 6) is 0.395. The van der Waals surface area contributed by atoms with Crippen LogP contribution in [0.5, 0.6) is 0 Å². The van der Waals surface area contributed by atoms with Gasteiger partial charge in [-0.15, -0.1) is 0 Å². The topological polar surface area (TPSA) is 52.6 Å². The molecule has 1 fully saturated rings. The maximum atomic E-state index is 11.2. The Kier molecular flexibility index (Phi) is 4.34. The molecule has 0 aromatic carbocycles. The first-order chi connectivity index (χ1) is 6.57. The van der Waals surface area contributed by atoms with Gasteiger partial charge in [0.15, 0.2) is 0 Å². The molecular formula is C9H18O4S. The molecule has 1 saturated carbocycles. The van der Waals surface area contributed by atoms with Crippen molar-refractivity contribution in [1.29, 1.82) is 0 Å². The third-order valence-corrected chi connectivity index (χ3v) is 4.21. The Labute approximate surface area is 85.7 Å². The van der Waals surface area contributed by atoms with Gasteiger partial charge in [-0.1, -0.05) is 0 Å². The fourth-order valence-electron chi connectivity index (χ4n) is 1.89. The van der Waals surface area contributed by atoms with Gasteiger partial charge < -0.3 is 4.74 Å². The average molecular weight is 222 g/mol. The van der Waals surface area contributed by atoms with Crippen LogP contribution in [0.25, 0.3) is 0 Å². The zero-order valence-electron chi connectivity index (χ0n) is 8.73. The molecule has 1 aliphatic carbocycles. The van der Waals surface area contributed by atoms with E-state index in [2.05, 4.69) is 4.18 Å². The van der Waals surface area contributed by atoms with Crippen molar-refractivity contribution in [3.63, 3.8) is 0 Å². The molecule has 0 amide bonds.